The van der Waals surface area contributed by atoms with E-state index in [0.717, 1.165) is 18.9 Å². The van der Waals surface area contributed by atoms with Gasteiger partial charge in [-0.05, 0) is 49.2 Å². The standard InChI is InChI=1S/C19H12F4N2O3/c20-15-6-2-10(8-14(15)19(21,22)23)24-16(26)9-1-5-12-13(7-9)18(28)25(17(12)27)11-3-4-11/h1-2,5-8,11H,3-4H2,(H,24,26). The third kappa shape index (κ3) is 3.02. The van der Waals surface area contributed by atoms with Crippen LogP contribution in [0.15, 0.2) is 36.4 Å². The summed E-state index contributed by atoms with van der Waals surface area (Å²) < 4.78 is 51.8. The van der Waals surface area contributed by atoms with Crippen molar-refractivity contribution in [3.8, 4) is 0 Å². The molecule has 2 aliphatic rings. The fourth-order valence-corrected chi connectivity index (χ4v) is 3.09. The Bertz CT molecular complexity index is 1030. The Morgan fingerprint density at radius 1 is 1.00 bits per heavy atom. The molecule has 5 nitrogen and oxygen atoms in total. The molecule has 0 atom stereocenters. The minimum absolute atomic E-state index is 0.00423. The zero-order chi connectivity index (χ0) is 20.2. The monoisotopic (exact) mass is 392 g/mol. The fourth-order valence-electron chi connectivity index (χ4n) is 3.09. The van der Waals surface area contributed by atoms with Crippen LogP contribution in [0.5, 0.6) is 0 Å². The van der Waals surface area contributed by atoms with Crippen LogP contribution in [0.4, 0.5) is 23.2 Å². The third-order valence-electron chi connectivity index (χ3n) is 4.62. The van der Waals surface area contributed by atoms with Gasteiger partial charge in [-0.25, -0.2) is 4.39 Å². The molecule has 2 aromatic carbocycles. The molecule has 4 rings (SSSR count). The normalized spacial score (nSPS) is 16.4. The molecule has 9 heteroatoms. The van der Waals surface area contributed by atoms with Gasteiger partial charge in [0.05, 0.1) is 16.7 Å². The summed E-state index contributed by atoms with van der Waals surface area (Å²) in [6.45, 7) is 0. The van der Waals surface area contributed by atoms with Gasteiger partial charge in [0.15, 0.2) is 0 Å². The summed E-state index contributed by atoms with van der Waals surface area (Å²) in [6, 6.07) is 5.87. The summed E-state index contributed by atoms with van der Waals surface area (Å²) in [7, 11) is 0. The Hall–Kier alpha value is -3.23. The van der Waals surface area contributed by atoms with Crippen molar-refractivity contribution in [2.24, 2.45) is 0 Å². The maximum atomic E-state index is 13.4. The predicted molar refractivity (Wildman–Crippen MR) is 89.3 cm³/mol. The Kier molecular flexibility index (Phi) is 3.99. The van der Waals surface area contributed by atoms with Gasteiger partial charge in [0, 0.05) is 17.3 Å². The number of anilines is 1. The number of amides is 3. The molecule has 0 saturated heterocycles. The summed E-state index contributed by atoms with van der Waals surface area (Å²) in [6.07, 6.45) is -3.42. The van der Waals surface area contributed by atoms with Crippen LogP contribution in [0, 0.1) is 5.82 Å². The zero-order valence-electron chi connectivity index (χ0n) is 14.1. The number of imide groups is 1. The topological polar surface area (TPSA) is 66.5 Å². The molecule has 0 bridgehead atoms. The highest BCUT2D eigenvalue weighted by atomic mass is 19.4. The van der Waals surface area contributed by atoms with E-state index in [1.54, 1.807) is 0 Å². The molecule has 3 amide bonds. The van der Waals surface area contributed by atoms with Crippen LogP contribution in [-0.4, -0.2) is 28.7 Å². The largest absolute Gasteiger partial charge is 0.419 e. The molecule has 1 fully saturated rings. The SMILES string of the molecule is O=C(Nc1ccc(F)c(C(F)(F)F)c1)c1ccc2c(c1)C(=O)N(C1CC1)C2=O. The molecule has 0 aromatic heterocycles. The summed E-state index contributed by atoms with van der Waals surface area (Å²) >= 11 is 0. The van der Waals surface area contributed by atoms with Gasteiger partial charge in [-0.2, -0.15) is 13.2 Å². The van der Waals surface area contributed by atoms with Gasteiger partial charge in [-0.15, -0.1) is 0 Å². The Morgan fingerprint density at radius 2 is 1.68 bits per heavy atom. The zero-order valence-corrected chi connectivity index (χ0v) is 14.1. The van der Waals surface area contributed by atoms with Crippen LogP contribution in [0.25, 0.3) is 0 Å². The molecule has 1 heterocycles. The maximum Gasteiger partial charge on any atom is 0.419 e. The summed E-state index contributed by atoms with van der Waals surface area (Å²) in [5.74, 6) is -3.14. The van der Waals surface area contributed by atoms with Gasteiger partial charge in [-0.3, -0.25) is 19.3 Å². The number of rotatable bonds is 3. The molecule has 2 aromatic rings. The second-order valence-electron chi connectivity index (χ2n) is 6.62. The number of nitrogens with zero attached hydrogens (tertiary/aromatic N) is 1. The predicted octanol–water partition coefficient (Wildman–Crippen LogP) is 3.86. The van der Waals surface area contributed by atoms with Crippen LogP contribution in [-0.2, 0) is 6.18 Å². The highest BCUT2D eigenvalue weighted by Gasteiger charge is 2.44. The Balaban J connectivity index is 1.59. The highest BCUT2D eigenvalue weighted by Crippen LogP contribution is 2.35. The van der Waals surface area contributed by atoms with Gasteiger partial charge in [0.2, 0.25) is 0 Å². The maximum absolute atomic E-state index is 13.4. The number of hydrogen-bond donors (Lipinski definition) is 1. The van der Waals surface area contributed by atoms with Crippen molar-refractivity contribution in [3.05, 3.63) is 64.5 Å². The first kappa shape index (κ1) is 18.1. The van der Waals surface area contributed by atoms with Gasteiger partial charge in [0.25, 0.3) is 17.7 Å². The van der Waals surface area contributed by atoms with E-state index in [1.165, 1.54) is 23.1 Å². The summed E-state index contributed by atoms with van der Waals surface area (Å²) in [5, 5.41) is 2.25. The molecule has 1 aliphatic heterocycles. The van der Waals surface area contributed by atoms with Crippen LogP contribution in [0.2, 0.25) is 0 Å². The van der Waals surface area contributed by atoms with E-state index in [2.05, 4.69) is 5.32 Å². The number of halogens is 4. The van der Waals surface area contributed by atoms with E-state index in [-0.39, 0.29) is 28.4 Å². The second kappa shape index (κ2) is 6.15. The van der Waals surface area contributed by atoms with E-state index in [0.29, 0.717) is 12.1 Å². The van der Waals surface area contributed by atoms with Crippen LogP contribution >= 0.6 is 0 Å². The lowest BCUT2D eigenvalue weighted by molar-refractivity contribution is -0.139. The van der Waals surface area contributed by atoms with Crippen molar-refractivity contribution < 1.29 is 31.9 Å². The lowest BCUT2D eigenvalue weighted by Gasteiger charge is -2.11. The van der Waals surface area contributed by atoms with Crippen LogP contribution < -0.4 is 5.32 Å². The number of nitrogens with one attached hydrogen (secondary N) is 1. The van der Waals surface area contributed by atoms with Crippen molar-refractivity contribution in [1.82, 2.24) is 4.90 Å². The molecule has 0 radical (unpaired) electrons. The molecule has 0 spiro atoms. The van der Waals surface area contributed by atoms with Gasteiger partial charge in [-0.1, -0.05) is 0 Å². The highest BCUT2D eigenvalue weighted by molar-refractivity contribution is 6.22. The molecule has 28 heavy (non-hydrogen) atoms. The minimum atomic E-state index is -4.91. The van der Waals surface area contributed by atoms with E-state index in [9.17, 15) is 31.9 Å². The second-order valence-corrected chi connectivity index (χ2v) is 6.62. The van der Waals surface area contributed by atoms with Crippen molar-refractivity contribution in [2.75, 3.05) is 5.32 Å². The molecule has 144 valence electrons. The summed E-state index contributed by atoms with van der Waals surface area (Å²) in [5.41, 5.74) is -1.48. The Morgan fingerprint density at radius 3 is 2.32 bits per heavy atom. The first-order chi connectivity index (χ1) is 13.2. The smallest absolute Gasteiger partial charge is 0.322 e. The first-order valence-electron chi connectivity index (χ1n) is 8.37. The number of hydrogen-bond acceptors (Lipinski definition) is 3. The van der Waals surface area contributed by atoms with E-state index in [1.807, 2.05) is 0 Å². The van der Waals surface area contributed by atoms with Crippen molar-refractivity contribution in [3.63, 3.8) is 0 Å². The average Bonchev–Trinajstić information content (AvgIpc) is 3.43. The summed E-state index contributed by atoms with van der Waals surface area (Å²) in [4.78, 5) is 38.3. The van der Waals surface area contributed by atoms with Crippen molar-refractivity contribution >= 4 is 23.4 Å². The van der Waals surface area contributed by atoms with Gasteiger partial charge < -0.3 is 5.32 Å². The van der Waals surface area contributed by atoms with E-state index >= 15 is 0 Å². The van der Waals surface area contributed by atoms with E-state index < -0.39 is 35.3 Å². The molecule has 1 saturated carbocycles. The lowest BCUT2D eigenvalue weighted by Crippen LogP contribution is -2.31. The first-order valence-corrected chi connectivity index (χ1v) is 8.37. The van der Waals surface area contributed by atoms with Crippen LogP contribution in [0.1, 0.15) is 49.5 Å². The van der Waals surface area contributed by atoms with Crippen molar-refractivity contribution in [2.45, 2.75) is 25.1 Å². The number of alkyl halides is 3. The number of fused-ring (bicyclic) bond motifs is 1. The number of carbonyl (C=O) groups excluding carboxylic acids is 3. The van der Waals surface area contributed by atoms with Crippen LogP contribution in [0.3, 0.4) is 0 Å². The number of benzene rings is 2. The third-order valence-corrected chi connectivity index (χ3v) is 4.62. The molecule has 1 N–H and O–H groups in total. The lowest BCUT2D eigenvalue weighted by atomic mass is 10.1. The minimum Gasteiger partial charge on any atom is -0.322 e. The van der Waals surface area contributed by atoms with E-state index in [4.69, 9.17) is 0 Å². The van der Waals surface area contributed by atoms with Crippen molar-refractivity contribution in [1.29, 1.82) is 0 Å². The van der Waals surface area contributed by atoms with Gasteiger partial charge >= 0.3 is 6.18 Å². The number of carbonyl (C=O) groups is 3. The quantitative estimate of drug-likeness (QED) is 0.637. The van der Waals surface area contributed by atoms with Gasteiger partial charge in [0.1, 0.15) is 5.82 Å². The molecule has 0 unspecified atom stereocenters. The average molecular weight is 392 g/mol. The Labute approximate surface area is 155 Å². The molecule has 1 aliphatic carbocycles. The molecular weight excluding hydrogens is 380 g/mol. The fraction of sp³-hybridized carbons (Fsp3) is 0.211. The molecular formula is C19H12F4N2O3.